The fourth-order valence-corrected chi connectivity index (χ4v) is 3.64. The first-order valence-electron chi connectivity index (χ1n) is 9.04. The van der Waals surface area contributed by atoms with Gasteiger partial charge in [-0.3, -0.25) is 29.8 Å². The van der Waals surface area contributed by atoms with Crippen LogP contribution in [-0.4, -0.2) is 35.2 Å². The number of hydrogen-bond donors (Lipinski definition) is 2. The molecule has 0 saturated carbocycles. The van der Waals surface area contributed by atoms with Crippen molar-refractivity contribution < 1.29 is 28.8 Å². The van der Waals surface area contributed by atoms with Gasteiger partial charge < -0.3 is 9.47 Å². The number of halogens is 1. The Labute approximate surface area is 191 Å². The molecule has 0 aromatic heterocycles. The number of hydrogen-bond acceptors (Lipinski definition) is 9. The second-order valence-electron chi connectivity index (χ2n) is 6.47. The van der Waals surface area contributed by atoms with Gasteiger partial charge in [0.15, 0.2) is 0 Å². The first kappa shape index (κ1) is 23.3. The lowest BCUT2D eigenvalue weighted by Crippen LogP contribution is -2.33. The van der Waals surface area contributed by atoms with Crippen molar-refractivity contribution >= 4 is 52.4 Å². The van der Waals surface area contributed by atoms with Crippen LogP contribution in [0.25, 0.3) is 6.08 Å². The molecular weight excluding hydrogens is 462 g/mol. The third-order valence-corrected chi connectivity index (χ3v) is 5.40. The number of amides is 2. The van der Waals surface area contributed by atoms with E-state index >= 15 is 0 Å². The van der Waals surface area contributed by atoms with Crippen LogP contribution in [0.1, 0.15) is 11.1 Å². The summed E-state index contributed by atoms with van der Waals surface area (Å²) < 4.78 is 10.3. The SMILES string of the molecule is COC(=O)[C@H](Cc1ccc(Oc2ccc(/C=C3\SC(=O)NC3=O)cc2[N+](=O)[O-])cc1)NCl. The maximum Gasteiger partial charge on any atom is 0.324 e. The minimum atomic E-state index is -0.730. The van der Waals surface area contributed by atoms with Crippen molar-refractivity contribution in [1.82, 2.24) is 10.2 Å². The van der Waals surface area contributed by atoms with Gasteiger partial charge >= 0.3 is 11.7 Å². The van der Waals surface area contributed by atoms with Crippen molar-refractivity contribution in [2.24, 2.45) is 0 Å². The molecule has 0 aliphatic carbocycles. The Morgan fingerprint density at radius 1 is 1.28 bits per heavy atom. The summed E-state index contributed by atoms with van der Waals surface area (Å²) >= 11 is 6.29. The maximum absolute atomic E-state index is 11.7. The highest BCUT2D eigenvalue weighted by Gasteiger charge is 2.25. The standard InChI is InChI=1S/C20H16ClN3O7S/c1-30-19(26)14(23-21)8-11-2-5-13(6-3-11)31-16-7-4-12(9-15(16)24(28)29)10-17-18(25)22-20(27)32-17/h2-7,9-10,14,23H,8H2,1H3,(H,22,25,27)/b17-10-/t14-/m0/s1. The van der Waals surface area contributed by atoms with Gasteiger partial charge in [-0.15, -0.1) is 0 Å². The fraction of sp³-hybridized carbons (Fsp3) is 0.150. The van der Waals surface area contributed by atoms with E-state index in [9.17, 15) is 24.5 Å². The lowest BCUT2D eigenvalue weighted by molar-refractivity contribution is -0.385. The molecule has 2 amide bonds. The second-order valence-corrected chi connectivity index (χ2v) is 7.70. The minimum absolute atomic E-state index is 0.000588. The van der Waals surface area contributed by atoms with Gasteiger partial charge in [-0.25, -0.2) is 4.84 Å². The van der Waals surface area contributed by atoms with Crippen LogP contribution in [0.4, 0.5) is 10.5 Å². The van der Waals surface area contributed by atoms with E-state index in [4.69, 9.17) is 16.5 Å². The first-order valence-corrected chi connectivity index (χ1v) is 10.2. The third-order valence-electron chi connectivity index (χ3n) is 4.33. The van der Waals surface area contributed by atoms with Crippen LogP contribution < -0.4 is 14.9 Å². The smallest absolute Gasteiger partial charge is 0.324 e. The predicted molar refractivity (Wildman–Crippen MR) is 117 cm³/mol. The Bertz CT molecular complexity index is 1100. The van der Waals surface area contributed by atoms with Gasteiger partial charge in [-0.1, -0.05) is 18.2 Å². The molecule has 0 bridgehead atoms. The number of nitro groups is 1. The van der Waals surface area contributed by atoms with Crippen LogP contribution in [0.2, 0.25) is 0 Å². The number of benzene rings is 2. The van der Waals surface area contributed by atoms with Crippen LogP contribution in [0.5, 0.6) is 11.5 Å². The van der Waals surface area contributed by atoms with Gasteiger partial charge in [0.1, 0.15) is 11.8 Å². The summed E-state index contributed by atoms with van der Waals surface area (Å²) in [6.07, 6.45) is 1.66. The number of nitro benzene ring substituents is 1. The van der Waals surface area contributed by atoms with Crippen LogP contribution in [-0.2, 0) is 20.7 Å². The summed E-state index contributed by atoms with van der Waals surface area (Å²) in [4.78, 5) is 48.0. The van der Waals surface area contributed by atoms with Crippen molar-refractivity contribution in [3.8, 4) is 11.5 Å². The Hall–Kier alpha value is -3.41. The van der Waals surface area contributed by atoms with Crippen molar-refractivity contribution in [2.75, 3.05) is 7.11 Å². The molecule has 32 heavy (non-hydrogen) atoms. The van der Waals surface area contributed by atoms with E-state index in [1.54, 1.807) is 24.3 Å². The number of carbonyl (C=O) groups is 3. The van der Waals surface area contributed by atoms with E-state index in [1.807, 2.05) is 0 Å². The highest BCUT2D eigenvalue weighted by molar-refractivity contribution is 8.18. The molecule has 10 nitrogen and oxygen atoms in total. The quantitative estimate of drug-likeness (QED) is 0.192. The molecular formula is C20H16ClN3O7S. The lowest BCUT2D eigenvalue weighted by Gasteiger charge is -2.12. The van der Waals surface area contributed by atoms with E-state index in [0.29, 0.717) is 11.3 Å². The number of methoxy groups -OCH3 is 1. The van der Waals surface area contributed by atoms with E-state index in [1.165, 1.54) is 31.4 Å². The van der Waals surface area contributed by atoms with Gasteiger partial charge in [0.05, 0.1) is 16.9 Å². The molecule has 1 aliphatic heterocycles. The van der Waals surface area contributed by atoms with E-state index in [0.717, 1.165) is 17.3 Å². The van der Waals surface area contributed by atoms with Crippen molar-refractivity contribution in [3.05, 3.63) is 68.6 Å². The maximum atomic E-state index is 11.7. The molecule has 166 valence electrons. The number of rotatable bonds is 8. The van der Waals surface area contributed by atoms with E-state index < -0.39 is 28.1 Å². The molecule has 1 atom stereocenters. The molecule has 0 radical (unpaired) electrons. The summed E-state index contributed by atoms with van der Waals surface area (Å²) in [6.45, 7) is 0. The number of esters is 1. The van der Waals surface area contributed by atoms with Gasteiger partial charge in [0.25, 0.3) is 11.1 Å². The van der Waals surface area contributed by atoms with Crippen LogP contribution in [0.15, 0.2) is 47.4 Å². The molecule has 1 fully saturated rings. The van der Waals surface area contributed by atoms with E-state index in [-0.39, 0.29) is 22.8 Å². The predicted octanol–water partition coefficient (Wildman–Crippen LogP) is 3.54. The Kier molecular flexibility index (Phi) is 7.46. The van der Waals surface area contributed by atoms with Crippen molar-refractivity contribution in [2.45, 2.75) is 12.5 Å². The molecule has 1 aliphatic rings. The molecule has 2 aromatic carbocycles. The monoisotopic (exact) mass is 477 g/mol. The van der Waals surface area contributed by atoms with Crippen molar-refractivity contribution in [3.63, 3.8) is 0 Å². The molecule has 2 N–H and O–H groups in total. The van der Waals surface area contributed by atoms with Crippen LogP contribution >= 0.6 is 23.5 Å². The second kappa shape index (κ2) is 10.3. The first-order chi connectivity index (χ1) is 15.3. The van der Waals surface area contributed by atoms with Crippen LogP contribution in [0.3, 0.4) is 0 Å². The highest BCUT2D eigenvalue weighted by atomic mass is 35.5. The zero-order chi connectivity index (χ0) is 23.3. The number of thioether (sulfide) groups is 1. The van der Waals surface area contributed by atoms with Crippen LogP contribution in [0, 0.1) is 10.1 Å². The molecule has 0 spiro atoms. The summed E-state index contributed by atoms with van der Waals surface area (Å²) in [6, 6.07) is 10.0. The average Bonchev–Trinajstić information content (AvgIpc) is 3.09. The number of ether oxygens (including phenoxy) is 2. The number of carbonyl (C=O) groups excluding carboxylic acids is 3. The normalized spacial score (nSPS) is 15.4. The van der Waals surface area contributed by atoms with E-state index in [2.05, 4.69) is 14.9 Å². The highest BCUT2D eigenvalue weighted by Crippen LogP contribution is 2.34. The average molecular weight is 478 g/mol. The summed E-state index contributed by atoms with van der Waals surface area (Å²) in [5.74, 6) is -0.724. The lowest BCUT2D eigenvalue weighted by atomic mass is 10.1. The summed E-state index contributed by atoms with van der Waals surface area (Å²) in [5, 5.41) is 13.1. The third kappa shape index (κ3) is 5.63. The van der Waals surface area contributed by atoms with Gasteiger partial charge in [-0.05, 0) is 65.4 Å². The van der Waals surface area contributed by atoms with Gasteiger partial charge in [0.2, 0.25) is 5.75 Å². The molecule has 0 unspecified atom stereocenters. The molecule has 1 saturated heterocycles. The molecule has 3 rings (SSSR count). The number of nitrogens with one attached hydrogen (secondary N) is 2. The number of imide groups is 1. The Morgan fingerprint density at radius 2 is 2.00 bits per heavy atom. The van der Waals surface area contributed by atoms with Crippen molar-refractivity contribution in [1.29, 1.82) is 0 Å². The topological polar surface area (TPSA) is 137 Å². The zero-order valence-electron chi connectivity index (χ0n) is 16.5. The van der Waals surface area contributed by atoms with Gasteiger partial charge in [0, 0.05) is 6.07 Å². The number of nitrogens with zero attached hydrogens (tertiary/aromatic N) is 1. The summed E-state index contributed by atoms with van der Waals surface area (Å²) in [5.41, 5.74) is 0.823. The summed E-state index contributed by atoms with van der Waals surface area (Å²) in [7, 11) is 1.26. The van der Waals surface area contributed by atoms with Gasteiger partial charge in [-0.2, -0.15) is 0 Å². The molecule has 1 heterocycles. The Morgan fingerprint density at radius 3 is 2.56 bits per heavy atom. The Balaban J connectivity index is 1.77. The molecule has 12 heteroatoms. The zero-order valence-corrected chi connectivity index (χ0v) is 18.1. The minimum Gasteiger partial charge on any atom is -0.468 e. The molecule has 2 aromatic rings. The largest absolute Gasteiger partial charge is 0.468 e. The fourth-order valence-electron chi connectivity index (χ4n) is 2.79.